The highest BCUT2D eigenvalue weighted by Crippen LogP contribution is 2.65. The molecule has 43 heavy (non-hydrogen) atoms. The Bertz CT molecular complexity index is 1230. The lowest BCUT2D eigenvalue weighted by Gasteiger charge is -2.37. The van der Waals surface area contributed by atoms with Crippen LogP contribution >= 0.6 is 0 Å². The van der Waals surface area contributed by atoms with Crippen LogP contribution in [0, 0.1) is 35.0 Å². The summed E-state index contributed by atoms with van der Waals surface area (Å²) in [5.41, 5.74) is 5.10. The van der Waals surface area contributed by atoms with E-state index in [-0.39, 0.29) is 47.3 Å². The third-order valence-electron chi connectivity index (χ3n) is 9.97. The maximum atomic E-state index is 14.4. The molecule has 1 aliphatic heterocycles. The Kier molecular flexibility index (Phi) is 9.95. The number of amides is 4. The van der Waals surface area contributed by atoms with Crippen LogP contribution in [0.15, 0.2) is 0 Å². The Labute approximate surface area is 255 Å². The van der Waals surface area contributed by atoms with E-state index in [2.05, 4.69) is 29.2 Å². The first-order valence-corrected chi connectivity index (χ1v) is 17.6. The van der Waals surface area contributed by atoms with E-state index in [1.807, 2.05) is 13.8 Å². The normalized spacial score (nSPS) is 27.1. The molecule has 0 aromatic rings. The van der Waals surface area contributed by atoms with Crippen LogP contribution < -0.4 is 21.1 Å². The van der Waals surface area contributed by atoms with E-state index in [0.717, 1.165) is 51.2 Å². The lowest BCUT2D eigenvalue weighted by Crippen LogP contribution is -2.61. The lowest BCUT2D eigenvalue weighted by atomic mass is 9.82. The minimum atomic E-state index is -3.69. The number of ketones is 1. The number of rotatable bonds is 14. The molecule has 4 rings (SSSR count). The summed E-state index contributed by atoms with van der Waals surface area (Å²) in [5.74, 6) is -3.33. The van der Waals surface area contributed by atoms with Gasteiger partial charge in [0.15, 0.2) is 0 Å². The molecule has 4 fully saturated rings. The van der Waals surface area contributed by atoms with Crippen molar-refractivity contribution in [3.63, 3.8) is 0 Å². The van der Waals surface area contributed by atoms with Crippen LogP contribution in [0.3, 0.4) is 0 Å². The van der Waals surface area contributed by atoms with Crippen LogP contribution in [0.5, 0.6) is 0 Å². The van der Waals surface area contributed by atoms with Gasteiger partial charge in [0.2, 0.25) is 33.5 Å². The monoisotopic (exact) mass is 623 g/mol. The van der Waals surface area contributed by atoms with E-state index in [4.69, 9.17) is 5.73 Å². The number of hydrogen-bond acceptors (Lipinski definition) is 7. The van der Waals surface area contributed by atoms with E-state index in [9.17, 15) is 32.4 Å². The summed E-state index contributed by atoms with van der Waals surface area (Å²) < 4.78 is 26.5. The summed E-state index contributed by atoms with van der Waals surface area (Å²) in [6.07, 6.45) is 7.71. The number of primary amides is 1. The number of piperidine rings is 1. The molecular formula is C30H49N5O7S. The van der Waals surface area contributed by atoms with Crippen molar-refractivity contribution in [1.82, 2.24) is 20.3 Å². The van der Waals surface area contributed by atoms with Crippen molar-refractivity contribution >= 4 is 39.4 Å². The second-order valence-corrected chi connectivity index (χ2v) is 16.1. The third-order valence-corrected chi connectivity index (χ3v) is 10.7. The molecule has 0 spiro atoms. The molecule has 0 aromatic heterocycles. The second-order valence-electron chi connectivity index (χ2n) is 14.3. The predicted molar refractivity (Wildman–Crippen MR) is 159 cm³/mol. The van der Waals surface area contributed by atoms with Crippen molar-refractivity contribution in [3.8, 4) is 0 Å². The quantitative estimate of drug-likeness (QED) is 0.207. The van der Waals surface area contributed by atoms with Gasteiger partial charge < -0.3 is 21.3 Å². The summed E-state index contributed by atoms with van der Waals surface area (Å²) in [4.78, 5) is 67.7. The number of nitrogens with one attached hydrogen (secondary N) is 3. The topological polar surface area (TPSA) is 185 Å². The Hall–Kier alpha value is -2.54. The van der Waals surface area contributed by atoms with Crippen LogP contribution in [0.4, 0.5) is 0 Å². The van der Waals surface area contributed by atoms with E-state index >= 15 is 0 Å². The number of hydrogen-bond donors (Lipinski definition) is 4. The van der Waals surface area contributed by atoms with Gasteiger partial charge in [0.1, 0.15) is 18.1 Å². The fraction of sp³-hybridized carbons (Fsp3) is 0.833. The lowest BCUT2D eigenvalue weighted by molar-refractivity contribution is -0.146. The van der Waals surface area contributed by atoms with E-state index in [1.165, 1.54) is 0 Å². The molecule has 0 radical (unpaired) electrons. The standard InChI is InChI=1S/C30H49N5O7S/c1-16(2)13-21(34-43(5,41)42)27(38)33-23(18-9-7-6-8-10-18)29(40)35-15-19-22(30(19,3)4)24(35)28(39)32-20(14-17-11-12-17)25(36)26(31)37/h16-24,34H,6-15H2,1-5H3,(H2,31,37)(H,32,39)(H,33,38)/t19-,20?,21-,22-,23-,24-/m0/s1. The Morgan fingerprint density at radius 3 is 2.12 bits per heavy atom. The van der Waals surface area contributed by atoms with Crippen LogP contribution in [-0.2, 0) is 34.0 Å². The van der Waals surface area contributed by atoms with Gasteiger partial charge in [0, 0.05) is 6.54 Å². The zero-order chi connectivity index (χ0) is 31.9. The number of nitrogens with two attached hydrogens (primary N) is 1. The van der Waals surface area contributed by atoms with Crippen LogP contribution in [0.1, 0.15) is 85.5 Å². The summed E-state index contributed by atoms with van der Waals surface area (Å²) in [5, 5.41) is 5.67. The van der Waals surface area contributed by atoms with Gasteiger partial charge in [0.05, 0.1) is 12.3 Å². The summed E-state index contributed by atoms with van der Waals surface area (Å²) in [6.45, 7) is 8.20. The van der Waals surface area contributed by atoms with Gasteiger partial charge >= 0.3 is 0 Å². The number of nitrogens with zero attached hydrogens (tertiary/aromatic N) is 1. The average Bonchev–Trinajstić information content (AvgIpc) is 3.76. The van der Waals surface area contributed by atoms with Gasteiger partial charge in [-0.3, -0.25) is 24.0 Å². The van der Waals surface area contributed by atoms with Crippen molar-refractivity contribution in [2.24, 2.45) is 40.7 Å². The number of fused-ring (bicyclic) bond motifs is 1. The van der Waals surface area contributed by atoms with Gasteiger partial charge in [-0.05, 0) is 60.7 Å². The fourth-order valence-corrected chi connectivity index (χ4v) is 8.10. The minimum absolute atomic E-state index is 0.0153. The Morgan fingerprint density at radius 1 is 0.953 bits per heavy atom. The number of carbonyl (C=O) groups is 5. The third kappa shape index (κ3) is 7.95. The number of sulfonamides is 1. The fourth-order valence-electron chi connectivity index (χ4n) is 7.38. The van der Waals surface area contributed by atoms with Crippen LogP contribution in [0.25, 0.3) is 0 Å². The summed E-state index contributed by atoms with van der Waals surface area (Å²) >= 11 is 0. The number of Topliss-reactive ketones (excluding diaryl/α,β-unsaturated/α-hetero) is 1. The SMILES string of the molecule is CC(C)C[C@H](NS(C)(=O)=O)C(=O)N[C@H](C(=O)N1C[C@H]2[C@@H]([C@H]1C(=O)NC(CC1CC1)C(=O)C(N)=O)C2(C)C)C1CCCCC1. The maximum absolute atomic E-state index is 14.4. The average molecular weight is 624 g/mol. The predicted octanol–water partition coefficient (Wildman–Crippen LogP) is 0.838. The first kappa shape index (κ1) is 33.4. The number of carbonyl (C=O) groups excluding carboxylic acids is 5. The summed E-state index contributed by atoms with van der Waals surface area (Å²) in [7, 11) is -3.69. The highest BCUT2D eigenvalue weighted by Gasteiger charge is 2.69. The van der Waals surface area contributed by atoms with E-state index in [1.54, 1.807) is 4.90 Å². The Balaban J connectivity index is 1.59. The molecule has 3 saturated carbocycles. The highest BCUT2D eigenvalue weighted by molar-refractivity contribution is 7.88. The van der Waals surface area contributed by atoms with Crippen molar-refractivity contribution in [2.75, 3.05) is 12.8 Å². The number of likely N-dealkylation sites (tertiary alicyclic amines) is 1. The zero-order valence-electron chi connectivity index (χ0n) is 26.1. The molecule has 1 heterocycles. The molecule has 13 heteroatoms. The molecular weight excluding hydrogens is 574 g/mol. The van der Waals surface area contributed by atoms with Crippen molar-refractivity contribution in [1.29, 1.82) is 0 Å². The molecule has 3 aliphatic carbocycles. The first-order valence-electron chi connectivity index (χ1n) is 15.7. The van der Waals surface area contributed by atoms with Crippen LogP contribution in [0.2, 0.25) is 0 Å². The molecule has 6 atom stereocenters. The van der Waals surface area contributed by atoms with E-state index < -0.39 is 57.7 Å². The molecule has 242 valence electrons. The largest absolute Gasteiger partial charge is 0.363 e. The summed E-state index contributed by atoms with van der Waals surface area (Å²) in [6, 6.07) is -3.86. The van der Waals surface area contributed by atoms with Crippen LogP contribution in [-0.4, -0.2) is 79.7 Å². The van der Waals surface area contributed by atoms with Crippen molar-refractivity contribution in [2.45, 2.75) is 110 Å². The first-order chi connectivity index (χ1) is 20.0. The molecule has 5 N–H and O–H groups in total. The van der Waals surface area contributed by atoms with Gasteiger partial charge in [-0.1, -0.05) is 59.8 Å². The Morgan fingerprint density at radius 2 is 1.58 bits per heavy atom. The van der Waals surface area contributed by atoms with Gasteiger partial charge in [-0.2, -0.15) is 0 Å². The maximum Gasteiger partial charge on any atom is 0.287 e. The van der Waals surface area contributed by atoms with Crippen molar-refractivity contribution in [3.05, 3.63) is 0 Å². The van der Waals surface area contributed by atoms with E-state index in [0.29, 0.717) is 13.0 Å². The molecule has 4 amide bonds. The van der Waals surface area contributed by atoms with Gasteiger partial charge in [0.25, 0.3) is 5.91 Å². The smallest absolute Gasteiger partial charge is 0.287 e. The van der Waals surface area contributed by atoms with Gasteiger partial charge in [-0.25, -0.2) is 13.1 Å². The molecule has 12 nitrogen and oxygen atoms in total. The molecule has 1 unspecified atom stereocenters. The second kappa shape index (κ2) is 12.8. The van der Waals surface area contributed by atoms with Gasteiger partial charge in [-0.15, -0.1) is 0 Å². The zero-order valence-corrected chi connectivity index (χ0v) is 26.9. The molecule has 4 aliphatic rings. The minimum Gasteiger partial charge on any atom is -0.363 e. The molecule has 0 bridgehead atoms. The van der Waals surface area contributed by atoms with Crippen molar-refractivity contribution < 1.29 is 32.4 Å². The molecule has 1 saturated heterocycles. The molecule has 0 aromatic carbocycles. The highest BCUT2D eigenvalue weighted by atomic mass is 32.2.